The molecule has 4 nitrogen and oxygen atoms in total. The number of rotatable bonds is 4. The van der Waals surface area contributed by atoms with Gasteiger partial charge in [-0.1, -0.05) is 36.4 Å². The number of anilines is 1. The Morgan fingerprint density at radius 1 is 1.14 bits per heavy atom. The van der Waals surface area contributed by atoms with E-state index in [1.54, 1.807) is 11.3 Å². The van der Waals surface area contributed by atoms with Crippen LogP contribution in [0.5, 0.6) is 0 Å². The second-order valence-electron chi connectivity index (χ2n) is 6.94. The third-order valence-corrected chi connectivity index (χ3v) is 5.79. The number of hydrogen-bond donors (Lipinski definition) is 2. The number of halogens is 2. The summed E-state index contributed by atoms with van der Waals surface area (Å²) in [5.41, 5.74) is 10.9. The van der Waals surface area contributed by atoms with Gasteiger partial charge < -0.3 is 16.0 Å². The Labute approximate surface area is 188 Å². The zero-order valence-electron chi connectivity index (χ0n) is 16.2. The van der Waals surface area contributed by atoms with E-state index in [2.05, 4.69) is 64.7 Å². The van der Waals surface area contributed by atoms with Gasteiger partial charge in [-0.3, -0.25) is 0 Å². The molecule has 1 aromatic heterocycles. The van der Waals surface area contributed by atoms with E-state index in [0.29, 0.717) is 11.9 Å². The minimum absolute atomic E-state index is 0. The highest BCUT2D eigenvalue weighted by Gasteiger charge is 2.19. The number of nitrogens with zero attached hydrogens (tertiary/aromatic N) is 2. The monoisotopic (exact) mass is 448 g/mol. The lowest BCUT2D eigenvalue weighted by molar-refractivity contribution is 0.521. The number of aliphatic imine (C=N–C) groups is 1. The summed E-state index contributed by atoms with van der Waals surface area (Å²) < 4.78 is 0. The van der Waals surface area contributed by atoms with E-state index < -0.39 is 0 Å². The average molecular weight is 449 g/mol. The minimum atomic E-state index is 0. The van der Waals surface area contributed by atoms with Gasteiger partial charge in [-0.15, -0.1) is 36.2 Å². The molecular weight excluding hydrogens is 423 g/mol. The van der Waals surface area contributed by atoms with Crippen molar-refractivity contribution < 1.29 is 0 Å². The molecule has 0 saturated heterocycles. The van der Waals surface area contributed by atoms with Crippen molar-refractivity contribution >= 4 is 53.4 Å². The molecule has 0 radical (unpaired) electrons. The Morgan fingerprint density at radius 3 is 2.66 bits per heavy atom. The van der Waals surface area contributed by atoms with Crippen molar-refractivity contribution in [2.45, 2.75) is 19.0 Å². The molecule has 1 aliphatic heterocycles. The highest BCUT2D eigenvalue weighted by Crippen LogP contribution is 2.28. The zero-order chi connectivity index (χ0) is 18.6. The fraction of sp³-hybridized carbons (Fsp3) is 0.227. The first-order chi connectivity index (χ1) is 13.2. The fourth-order valence-corrected chi connectivity index (χ4v) is 4.18. The number of hydrogen-bond acceptors (Lipinski definition) is 4. The van der Waals surface area contributed by atoms with E-state index in [4.69, 9.17) is 5.73 Å². The standard InChI is InChI=1S/C22H24N4S.2ClH/c1-26-15-19(12-16-6-3-2-4-7-16)24-14-17-13-18(9-10-20(17)26)25-22(23)21-8-5-11-27-21;;/h2-11,13,19,24H,12,14-15H2,1H3,(H2,23,25);2*1H. The Kier molecular flexibility index (Phi) is 8.53. The highest BCUT2D eigenvalue weighted by atomic mass is 35.5. The molecule has 3 aromatic rings. The molecule has 0 bridgehead atoms. The van der Waals surface area contributed by atoms with Crippen LogP contribution in [-0.2, 0) is 13.0 Å². The summed E-state index contributed by atoms with van der Waals surface area (Å²) in [6.07, 6.45) is 1.02. The van der Waals surface area contributed by atoms with Crippen LogP contribution >= 0.6 is 36.2 Å². The molecule has 7 heteroatoms. The van der Waals surface area contributed by atoms with Crippen LogP contribution in [0, 0.1) is 0 Å². The van der Waals surface area contributed by atoms with Crippen LogP contribution in [0.1, 0.15) is 16.0 Å². The van der Waals surface area contributed by atoms with Crippen LogP contribution in [0.2, 0.25) is 0 Å². The molecule has 1 atom stereocenters. The van der Waals surface area contributed by atoms with Gasteiger partial charge in [0.15, 0.2) is 0 Å². The van der Waals surface area contributed by atoms with E-state index in [0.717, 1.165) is 30.1 Å². The third kappa shape index (κ3) is 5.73. The van der Waals surface area contributed by atoms with Crippen molar-refractivity contribution in [2.24, 2.45) is 10.7 Å². The Morgan fingerprint density at radius 2 is 1.93 bits per heavy atom. The van der Waals surface area contributed by atoms with Crippen molar-refractivity contribution in [3.63, 3.8) is 0 Å². The van der Waals surface area contributed by atoms with Gasteiger partial charge in [0.2, 0.25) is 0 Å². The quantitative estimate of drug-likeness (QED) is 0.445. The van der Waals surface area contributed by atoms with Gasteiger partial charge in [0.05, 0.1) is 10.6 Å². The van der Waals surface area contributed by atoms with E-state index in [1.165, 1.54) is 16.8 Å². The molecule has 0 amide bonds. The molecule has 3 N–H and O–H groups in total. The molecule has 0 fully saturated rings. The maximum atomic E-state index is 6.15. The van der Waals surface area contributed by atoms with Crippen molar-refractivity contribution in [3.8, 4) is 0 Å². The number of amidine groups is 1. The second-order valence-corrected chi connectivity index (χ2v) is 7.88. The normalized spacial score (nSPS) is 16.2. The van der Waals surface area contributed by atoms with Crippen LogP contribution in [0.3, 0.4) is 0 Å². The molecule has 1 aliphatic rings. The van der Waals surface area contributed by atoms with E-state index in [-0.39, 0.29) is 24.8 Å². The first-order valence-electron chi connectivity index (χ1n) is 9.18. The number of thiophene rings is 1. The minimum Gasteiger partial charge on any atom is -0.383 e. The van der Waals surface area contributed by atoms with Gasteiger partial charge >= 0.3 is 0 Å². The third-order valence-electron chi connectivity index (χ3n) is 4.90. The predicted molar refractivity (Wildman–Crippen MR) is 130 cm³/mol. The first kappa shape index (κ1) is 23.2. The zero-order valence-corrected chi connectivity index (χ0v) is 18.7. The molecular formula is C22H26Cl2N4S. The van der Waals surface area contributed by atoms with E-state index in [9.17, 15) is 0 Å². The molecule has 29 heavy (non-hydrogen) atoms. The van der Waals surface area contributed by atoms with Crippen LogP contribution in [0.4, 0.5) is 11.4 Å². The second kappa shape index (κ2) is 10.6. The predicted octanol–water partition coefficient (Wildman–Crippen LogP) is 4.78. The highest BCUT2D eigenvalue weighted by molar-refractivity contribution is 7.12. The SMILES string of the molecule is CN1CC(Cc2ccccc2)NCc2cc(N=C(N)c3cccs3)ccc21.Cl.Cl. The summed E-state index contributed by atoms with van der Waals surface area (Å²) >= 11 is 1.61. The van der Waals surface area contributed by atoms with Gasteiger partial charge in [-0.05, 0) is 47.2 Å². The summed E-state index contributed by atoms with van der Waals surface area (Å²) in [6, 6.07) is 21.4. The topological polar surface area (TPSA) is 53.6 Å². The first-order valence-corrected chi connectivity index (χ1v) is 10.1. The number of nitrogens with one attached hydrogen (secondary N) is 1. The molecule has 1 unspecified atom stereocenters. The lowest BCUT2D eigenvalue weighted by Gasteiger charge is -2.23. The number of fused-ring (bicyclic) bond motifs is 1. The van der Waals surface area contributed by atoms with E-state index in [1.807, 2.05) is 23.6 Å². The number of likely N-dealkylation sites (N-methyl/N-ethyl adjacent to an activating group) is 1. The molecule has 2 heterocycles. The summed E-state index contributed by atoms with van der Waals surface area (Å²) in [4.78, 5) is 7.95. The molecule has 2 aromatic carbocycles. The summed E-state index contributed by atoms with van der Waals surface area (Å²) in [6.45, 7) is 1.81. The van der Waals surface area contributed by atoms with Crippen molar-refractivity contribution in [3.05, 3.63) is 82.0 Å². The van der Waals surface area contributed by atoms with Gasteiger partial charge in [-0.2, -0.15) is 0 Å². The van der Waals surface area contributed by atoms with Gasteiger partial charge in [0.1, 0.15) is 5.84 Å². The summed E-state index contributed by atoms with van der Waals surface area (Å²) in [5, 5.41) is 5.72. The Bertz CT molecular complexity index is 929. The van der Waals surface area contributed by atoms with Crippen LogP contribution in [-0.4, -0.2) is 25.5 Å². The molecule has 0 aliphatic carbocycles. The molecule has 4 rings (SSSR count). The maximum Gasteiger partial charge on any atom is 0.141 e. The molecule has 0 spiro atoms. The summed E-state index contributed by atoms with van der Waals surface area (Å²) in [7, 11) is 2.16. The van der Waals surface area contributed by atoms with Gasteiger partial charge in [-0.25, -0.2) is 4.99 Å². The van der Waals surface area contributed by atoms with Crippen molar-refractivity contribution in [1.82, 2.24) is 5.32 Å². The Hall–Kier alpha value is -2.05. The lowest BCUT2D eigenvalue weighted by atomic mass is 10.1. The number of benzene rings is 2. The average Bonchev–Trinajstić information content (AvgIpc) is 3.17. The van der Waals surface area contributed by atoms with Crippen molar-refractivity contribution in [1.29, 1.82) is 0 Å². The Balaban J connectivity index is 0.00000150. The van der Waals surface area contributed by atoms with Gasteiger partial charge in [0, 0.05) is 31.9 Å². The largest absolute Gasteiger partial charge is 0.383 e. The smallest absolute Gasteiger partial charge is 0.141 e. The maximum absolute atomic E-state index is 6.15. The van der Waals surface area contributed by atoms with Crippen molar-refractivity contribution in [2.75, 3.05) is 18.5 Å². The molecule has 154 valence electrons. The number of nitrogens with two attached hydrogens (primary N) is 1. The van der Waals surface area contributed by atoms with Crippen LogP contribution < -0.4 is 16.0 Å². The summed E-state index contributed by atoms with van der Waals surface area (Å²) in [5.74, 6) is 0.571. The lowest BCUT2D eigenvalue weighted by Crippen LogP contribution is -2.38. The van der Waals surface area contributed by atoms with Crippen LogP contribution in [0.25, 0.3) is 0 Å². The van der Waals surface area contributed by atoms with E-state index >= 15 is 0 Å². The molecule has 0 saturated carbocycles. The van der Waals surface area contributed by atoms with Gasteiger partial charge in [0.25, 0.3) is 0 Å². The van der Waals surface area contributed by atoms with Crippen LogP contribution in [0.15, 0.2) is 71.0 Å². The fourth-order valence-electron chi connectivity index (χ4n) is 3.56.